The lowest BCUT2D eigenvalue weighted by Crippen LogP contribution is -2.49. The van der Waals surface area contributed by atoms with Crippen molar-refractivity contribution < 1.29 is 9.53 Å². The zero-order valence-corrected chi connectivity index (χ0v) is 12.0. The first-order valence-electron chi connectivity index (χ1n) is 6.62. The van der Waals surface area contributed by atoms with Gasteiger partial charge in [0, 0.05) is 0 Å². The SMILES string of the molecule is CCOC(=O)C(C)(CCCN(CC)CC)NC. The first kappa shape index (κ1) is 16.4. The van der Waals surface area contributed by atoms with E-state index in [0.717, 1.165) is 32.5 Å². The smallest absolute Gasteiger partial charge is 0.326 e. The fourth-order valence-corrected chi connectivity index (χ4v) is 1.82. The summed E-state index contributed by atoms with van der Waals surface area (Å²) in [6.07, 6.45) is 1.80. The second-order valence-electron chi connectivity index (χ2n) is 4.43. The Bertz CT molecular complexity index is 217. The molecule has 0 spiro atoms. The van der Waals surface area contributed by atoms with Crippen LogP contribution in [0.1, 0.15) is 40.5 Å². The van der Waals surface area contributed by atoms with Crippen LogP contribution >= 0.6 is 0 Å². The van der Waals surface area contributed by atoms with Crippen LogP contribution in [0.15, 0.2) is 0 Å². The average Bonchev–Trinajstić information content (AvgIpc) is 2.34. The highest BCUT2D eigenvalue weighted by molar-refractivity contribution is 5.80. The van der Waals surface area contributed by atoms with Crippen LogP contribution in [0.5, 0.6) is 0 Å². The van der Waals surface area contributed by atoms with Crippen molar-refractivity contribution in [2.24, 2.45) is 0 Å². The van der Waals surface area contributed by atoms with E-state index in [0.29, 0.717) is 6.61 Å². The molecule has 1 atom stereocenters. The van der Waals surface area contributed by atoms with Gasteiger partial charge < -0.3 is 15.0 Å². The van der Waals surface area contributed by atoms with Gasteiger partial charge in [-0.3, -0.25) is 4.79 Å². The number of rotatable bonds is 9. The zero-order valence-electron chi connectivity index (χ0n) is 12.0. The Balaban J connectivity index is 4.16. The van der Waals surface area contributed by atoms with Gasteiger partial charge in [0.2, 0.25) is 0 Å². The summed E-state index contributed by atoms with van der Waals surface area (Å²) in [6.45, 7) is 11.7. The Labute approximate surface area is 106 Å². The quantitative estimate of drug-likeness (QED) is 0.626. The van der Waals surface area contributed by atoms with Crippen LogP contribution in [0.25, 0.3) is 0 Å². The molecule has 1 N–H and O–H groups in total. The molecule has 0 saturated heterocycles. The molecule has 0 fully saturated rings. The molecule has 1 unspecified atom stereocenters. The summed E-state index contributed by atoms with van der Waals surface area (Å²) in [5, 5.41) is 3.08. The third-order valence-electron chi connectivity index (χ3n) is 3.32. The van der Waals surface area contributed by atoms with Crippen LogP contribution in [0.3, 0.4) is 0 Å². The maximum absolute atomic E-state index is 11.8. The van der Waals surface area contributed by atoms with Crippen LogP contribution in [0.4, 0.5) is 0 Å². The maximum atomic E-state index is 11.8. The summed E-state index contributed by atoms with van der Waals surface area (Å²) < 4.78 is 5.09. The minimum absolute atomic E-state index is 0.151. The molecule has 4 nitrogen and oxygen atoms in total. The highest BCUT2D eigenvalue weighted by Crippen LogP contribution is 2.14. The predicted octanol–water partition coefficient (Wildman–Crippen LogP) is 1.65. The van der Waals surface area contributed by atoms with Crippen molar-refractivity contribution in [2.75, 3.05) is 33.3 Å². The first-order valence-corrected chi connectivity index (χ1v) is 6.62. The molecule has 0 aliphatic heterocycles. The molecule has 0 saturated carbocycles. The van der Waals surface area contributed by atoms with Crippen LogP contribution in [-0.4, -0.2) is 49.7 Å². The molecule has 4 heteroatoms. The summed E-state index contributed by atoms with van der Waals surface area (Å²) in [5.74, 6) is -0.151. The van der Waals surface area contributed by atoms with Crippen molar-refractivity contribution in [1.82, 2.24) is 10.2 Å². The Morgan fingerprint density at radius 2 is 1.88 bits per heavy atom. The van der Waals surface area contributed by atoms with Gasteiger partial charge in [-0.2, -0.15) is 0 Å². The first-order chi connectivity index (χ1) is 8.03. The molecular formula is C13H28N2O2. The Morgan fingerprint density at radius 3 is 2.29 bits per heavy atom. The van der Waals surface area contributed by atoms with Gasteiger partial charge in [-0.15, -0.1) is 0 Å². The number of likely N-dealkylation sites (N-methyl/N-ethyl adjacent to an activating group) is 1. The van der Waals surface area contributed by atoms with Crippen molar-refractivity contribution in [2.45, 2.75) is 46.1 Å². The van der Waals surface area contributed by atoms with Gasteiger partial charge in [0.1, 0.15) is 5.54 Å². The monoisotopic (exact) mass is 244 g/mol. The number of ether oxygens (including phenoxy) is 1. The molecule has 0 rings (SSSR count). The lowest BCUT2D eigenvalue weighted by molar-refractivity contribution is -0.150. The zero-order chi connectivity index (χ0) is 13.3. The van der Waals surface area contributed by atoms with Gasteiger partial charge in [-0.25, -0.2) is 0 Å². The number of hydrogen-bond acceptors (Lipinski definition) is 4. The largest absolute Gasteiger partial charge is 0.465 e. The van der Waals surface area contributed by atoms with Gasteiger partial charge in [-0.05, 0) is 53.4 Å². The molecule has 17 heavy (non-hydrogen) atoms. The van der Waals surface area contributed by atoms with Crippen molar-refractivity contribution in [3.63, 3.8) is 0 Å². The van der Waals surface area contributed by atoms with Crippen LogP contribution < -0.4 is 5.32 Å². The molecule has 0 aromatic rings. The van der Waals surface area contributed by atoms with Gasteiger partial charge in [-0.1, -0.05) is 13.8 Å². The van der Waals surface area contributed by atoms with E-state index in [4.69, 9.17) is 4.74 Å². The van der Waals surface area contributed by atoms with Gasteiger partial charge >= 0.3 is 5.97 Å². The van der Waals surface area contributed by atoms with E-state index >= 15 is 0 Å². The van der Waals surface area contributed by atoms with E-state index in [1.54, 1.807) is 0 Å². The van der Waals surface area contributed by atoms with E-state index in [2.05, 4.69) is 24.1 Å². The molecule has 0 aromatic carbocycles. The van der Waals surface area contributed by atoms with Gasteiger partial charge in [0.05, 0.1) is 6.61 Å². The highest BCUT2D eigenvalue weighted by atomic mass is 16.5. The predicted molar refractivity (Wildman–Crippen MR) is 71.1 cm³/mol. The van der Waals surface area contributed by atoms with Crippen LogP contribution in [0.2, 0.25) is 0 Å². The topological polar surface area (TPSA) is 41.6 Å². The average molecular weight is 244 g/mol. The van der Waals surface area contributed by atoms with Crippen molar-refractivity contribution in [1.29, 1.82) is 0 Å². The summed E-state index contributed by atoms with van der Waals surface area (Å²) in [7, 11) is 1.81. The standard InChI is InChI=1S/C13H28N2O2/c1-6-15(7-2)11-9-10-13(4,14-5)12(16)17-8-3/h14H,6-11H2,1-5H3. The number of nitrogens with one attached hydrogen (secondary N) is 1. The molecule has 0 aliphatic rings. The molecule has 0 heterocycles. The van der Waals surface area contributed by atoms with Crippen molar-refractivity contribution in [3.05, 3.63) is 0 Å². The van der Waals surface area contributed by atoms with Gasteiger partial charge in [0.25, 0.3) is 0 Å². The molecule has 0 bridgehead atoms. The third kappa shape index (κ3) is 5.50. The van der Waals surface area contributed by atoms with Crippen LogP contribution in [0, 0.1) is 0 Å². The van der Waals surface area contributed by atoms with E-state index in [-0.39, 0.29) is 5.97 Å². The number of esters is 1. The second-order valence-corrected chi connectivity index (χ2v) is 4.43. The molecule has 0 amide bonds. The van der Waals surface area contributed by atoms with Crippen molar-refractivity contribution in [3.8, 4) is 0 Å². The fourth-order valence-electron chi connectivity index (χ4n) is 1.82. The summed E-state index contributed by atoms with van der Waals surface area (Å²) in [5.41, 5.74) is -0.552. The lowest BCUT2D eigenvalue weighted by atomic mass is 9.96. The summed E-state index contributed by atoms with van der Waals surface area (Å²) in [6, 6.07) is 0. The van der Waals surface area contributed by atoms with Crippen LogP contribution in [-0.2, 0) is 9.53 Å². The van der Waals surface area contributed by atoms with Crippen molar-refractivity contribution >= 4 is 5.97 Å². The maximum Gasteiger partial charge on any atom is 0.326 e. The highest BCUT2D eigenvalue weighted by Gasteiger charge is 2.32. The molecule has 0 radical (unpaired) electrons. The Kier molecular flexibility index (Phi) is 8.17. The number of carbonyl (C=O) groups is 1. The Hall–Kier alpha value is -0.610. The van der Waals surface area contributed by atoms with E-state index in [1.165, 1.54) is 0 Å². The minimum Gasteiger partial charge on any atom is -0.465 e. The van der Waals surface area contributed by atoms with Gasteiger partial charge in [0.15, 0.2) is 0 Å². The third-order valence-corrected chi connectivity index (χ3v) is 3.32. The number of nitrogens with zero attached hydrogens (tertiary/aromatic N) is 1. The molecule has 102 valence electrons. The summed E-state index contributed by atoms with van der Waals surface area (Å²) in [4.78, 5) is 14.2. The number of hydrogen-bond donors (Lipinski definition) is 1. The summed E-state index contributed by atoms with van der Waals surface area (Å²) >= 11 is 0. The van der Waals surface area contributed by atoms with E-state index < -0.39 is 5.54 Å². The molecular weight excluding hydrogens is 216 g/mol. The fraction of sp³-hybridized carbons (Fsp3) is 0.923. The lowest BCUT2D eigenvalue weighted by Gasteiger charge is -2.28. The van der Waals surface area contributed by atoms with E-state index in [9.17, 15) is 4.79 Å². The van der Waals surface area contributed by atoms with E-state index in [1.807, 2.05) is 20.9 Å². The number of carbonyl (C=O) groups excluding carboxylic acids is 1. The minimum atomic E-state index is -0.552. The Morgan fingerprint density at radius 1 is 1.29 bits per heavy atom. The molecule has 0 aliphatic carbocycles. The second kappa shape index (κ2) is 8.48. The molecule has 0 aromatic heterocycles. The normalized spacial score (nSPS) is 14.7.